The monoisotopic (exact) mass is 331 g/mol. The summed E-state index contributed by atoms with van der Waals surface area (Å²) < 4.78 is 4.48. The van der Waals surface area contributed by atoms with Crippen LogP contribution in [-0.2, 0) is 19.3 Å². The van der Waals surface area contributed by atoms with Gasteiger partial charge in [0.2, 0.25) is 0 Å². The van der Waals surface area contributed by atoms with Crippen LogP contribution in [0.15, 0.2) is 14.4 Å². The Morgan fingerprint density at radius 2 is 2.22 bits per heavy atom. The molecule has 0 atom stereocenters. The second-order valence-electron chi connectivity index (χ2n) is 3.82. The Morgan fingerprint density at radius 3 is 2.78 bits per heavy atom. The normalized spacial score (nSPS) is 11.1. The van der Waals surface area contributed by atoms with E-state index in [2.05, 4.69) is 38.1 Å². The van der Waals surface area contributed by atoms with Gasteiger partial charge in [0.05, 0.1) is 15.9 Å². The lowest BCUT2D eigenvalue weighted by atomic mass is 10.4. The summed E-state index contributed by atoms with van der Waals surface area (Å²) in [6, 6.07) is 0. The number of nitrogens with zero attached hydrogens (tertiary/aromatic N) is 4. The number of thioether (sulfide) groups is 1. The number of nitrogens with one attached hydrogen (secondary N) is 1. The van der Waals surface area contributed by atoms with E-state index in [0.717, 1.165) is 22.4 Å². The van der Waals surface area contributed by atoms with Crippen LogP contribution in [-0.4, -0.2) is 24.5 Å². The maximum Gasteiger partial charge on any atom is 0.343 e. The lowest BCUT2D eigenvalue weighted by Crippen LogP contribution is -2.13. The van der Waals surface area contributed by atoms with Gasteiger partial charge < -0.3 is 0 Å². The van der Waals surface area contributed by atoms with Crippen LogP contribution in [0, 0.1) is 6.92 Å². The summed E-state index contributed by atoms with van der Waals surface area (Å²) >= 11 is 5.05. The molecular weight excluding hydrogens is 318 g/mol. The summed E-state index contributed by atoms with van der Waals surface area (Å²) in [5, 5.41) is 11.5. The van der Waals surface area contributed by atoms with E-state index in [1.807, 2.05) is 11.6 Å². The molecule has 0 aliphatic rings. The third kappa shape index (κ3) is 2.39. The molecule has 0 spiro atoms. The molecular formula is C10H14BrN5OS. The van der Waals surface area contributed by atoms with Crippen molar-refractivity contribution in [2.45, 2.75) is 31.3 Å². The minimum atomic E-state index is -0.197. The maximum absolute atomic E-state index is 11.3. The van der Waals surface area contributed by atoms with Crippen molar-refractivity contribution in [3.05, 3.63) is 26.3 Å². The van der Waals surface area contributed by atoms with Crippen molar-refractivity contribution < 1.29 is 0 Å². The Labute approximate surface area is 117 Å². The van der Waals surface area contributed by atoms with E-state index in [1.54, 1.807) is 7.05 Å². The van der Waals surface area contributed by atoms with Crippen molar-refractivity contribution in [1.29, 1.82) is 0 Å². The lowest BCUT2D eigenvalue weighted by molar-refractivity contribution is 0.631. The van der Waals surface area contributed by atoms with Crippen LogP contribution < -0.4 is 5.69 Å². The van der Waals surface area contributed by atoms with Crippen molar-refractivity contribution in [2.24, 2.45) is 7.05 Å². The summed E-state index contributed by atoms with van der Waals surface area (Å²) in [5.41, 5.74) is 1.88. The number of hydrogen-bond acceptors (Lipinski definition) is 4. The van der Waals surface area contributed by atoms with E-state index in [9.17, 15) is 4.79 Å². The van der Waals surface area contributed by atoms with Crippen LogP contribution >= 0.6 is 27.7 Å². The molecule has 0 bridgehead atoms. The van der Waals surface area contributed by atoms with Gasteiger partial charge >= 0.3 is 5.69 Å². The second kappa shape index (κ2) is 5.31. The summed E-state index contributed by atoms with van der Waals surface area (Å²) in [4.78, 5) is 11.3. The van der Waals surface area contributed by atoms with E-state index in [4.69, 9.17) is 0 Å². The Kier molecular flexibility index (Phi) is 3.96. The average molecular weight is 332 g/mol. The number of halogens is 1. The van der Waals surface area contributed by atoms with Crippen molar-refractivity contribution in [1.82, 2.24) is 24.5 Å². The van der Waals surface area contributed by atoms with Crippen molar-refractivity contribution in [3.63, 3.8) is 0 Å². The third-order valence-electron chi connectivity index (χ3n) is 2.63. The zero-order valence-electron chi connectivity index (χ0n) is 10.4. The Bertz CT molecular complexity index is 614. The highest BCUT2D eigenvalue weighted by atomic mass is 79.9. The van der Waals surface area contributed by atoms with Gasteiger partial charge in [-0.05, 0) is 29.8 Å². The highest BCUT2D eigenvalue weighted by Gasteiger charge is 2.14. The van der Waals surface area contributed by atoms with E-state index in [-0.39, 0.29) is 5.69 Å². The number of aromatic nitrogens is 5. The topological polar surface area (TPSA) is 68.5 Å². The number of aryl methyl sites for hydroxylation is 2. The van der Waals surface area contributed by atoms with Crippen LogP contribution in [0.5, 0.6) is 0 Å². The number of rotatable bonds is 4. The molecule has 0 aliphatic carbocycles. The fraction of sp³-hybridized carbons (Fsp3) is 0.500. The molecule has 0 unspecified atom stereocenters. The highest BCUT2D eigenvalue weighted by molar-refractivity contribution is 9.10. The summed E-state index contributed by atoms with van der Waals surface area (Å²) in [5.74, 6) is 0.716. The van der Waals surface area contributed by atoms with Crippen LogP contribution in [0.4, 0.5) is 0 Å². The summed E-state index contributed by atoms with van der Waals surface area (Å²) in [6.45, 7) is 4.84. The first kappa shape index (κ1) is 13.4. The molecule has 18 heavy (non-hydrogen) atoms. The molecule has 6 nitrogen and oxygen atoms in total. The van der Waals surface area contributed by atoms with Crippen molar-refractivity contribution in [3.8, 4) is 0 Å². The first-order chi connectivity index (χ1) is 8.54. The van der Waals surface area contributed by atoms with Crippen LogP contribution in [0.3, 0.4) is 0 Å². The highest BCUT2D eigenvalue weighted by Crippen LogP contribution is 2.27. The van der Waals surface area contributed by atoms with Gasteiger partial charge in [0.15, 0.2) is 5.16 Å². The smallest absolute Gasteiger partial charge is 0.273 e. The molecule has 2 rings (SSSR count). The van der Waals surface area contributed by atoms with Gasteiger partial charge in [-0.2, -0.15) is 5.10 Å². The van der Waals surface area contributed by atoms with Gasteiger partial charge in [0.1, 0.15) is 0 Å². The zero-order valence-corrected chi connectivity index (χ0v) is 12.8. The Balaban J connectivity index is 2.20. The minimum Gasteiger partial charge on any atom is -0.273 e. The van der Waals surface area contributed by atoms with Gasteiger partial charge in [0.25, 0.3) is 0 Å². The fourth-order valence-corrected chi connectivity index (χ4v) is 3.16. The fourth-order valence-electron chi connectivity index (χ4n) is 1.60. The zero-order chi connectivity index (χ0) is 13.3. The first-order valence-corrected chi connectivity index (χ1v) is 7.28. The molecule has 0 radical (unpaired) electrons. The Hall–Kier alpha value is -1.02. The molecule has 1 N–H and O–H groups in total. The van der Waals surface area contributed by atoms with Gasteiger partial charge in [-0.1, -0.05) is 11.8 Å². The number of hydrogen-bond donors (Lipinski definition) is 1. The van der Waals surface area contributed by atoms with E-state index >= 15 is 0 Å². The molecule has 2 heterocycles. The predicted molar refractivity (Wildman–Crippen MR) is 73.7 cm³/mol. The van der Waals surface area contributed by atoms with Crippen molar-refractivity contribution >= 4 is 27.7 Å². The SMILES string of the molecule is CCn1nc(C)c(Br)c1CSc1n[nH]c(=O)n1C. The average Bonchev–Trinajstić information content (AvgIpc) is 2.81. The van der Waals surface area contributed by atoms with E-state index < -0.39 is 0 Å². The summed E-state index contributed by atoms with van der Waals surface area (Å²) in [7, 11) is 1.70. The molecule has 0 saturated heterocycles. The van der Waals surface area contributed by atoms with Gasteiger partial charge in [0, 0.05) is 19.3 Å². The molecule has 0 fully saturated rings. The van der Waals surface area contributed by atoms with Crippen LogP contribution in [0.2, 0.25) is 0 Å². The third-order valence-corrected chi connectivity index (χ3v) is 4.70. The molecule has 8 heteroatoms. The molecule has 98 valence electrons. The van der Waals surface area contributed by atoms with Gasteiger partial charge in [-0.3, -0.25) is 9.25 Å². The lowest BCUT2D eigenvalue weighted by Gasteiger charge is -2.04. The molecule has 0 aromatic carbocycles. The van der Waals surface area contributed by atoms with Crippen LogP contribution in [0.25, 0.3) is 0 Å². The van der Waals surface area contributed by atoms with E-state index in [1.165, 1.54) is 16.3 Å². The van der Waals surface area contributed by atoms with E-state index in [0.29, 0.717) is 10.9 Å². The minimum absolute atomic E-state index is 0.197. The van der Waals surface area contributed by atoms with Gasteiger partial charge in [-0.25, -0.2) is 9.89 Å². The standard InChI is InChI=1S/C10H14BrN5OS/c1-4-16-7(8(11)6(2)14-16)5-18-10-13-12-9(17)15(10)3/h4-5H2,1-3H3,(H,12,17). The first-order valence-electron chi connectivity index (χ1n) is 5.50. The second-order valence-corrected chi connectivity index (χ2v) is 5.56. The number of aromatic amines is 1. The quantitative estimate of drug-likeness (QED) is 0.865. The molecule has 0 aliphatic heterocycles. The predicted octanol–water partition coefficient (Wildman–Crippen LogP) is 1.69. The Morgan fingerprint density at radius 1 is 1.50 bits per heavy atom. The number of H-pyrrole nitrogens is 1. The molecule has 2 aromatic rings. The van der Waals surface area contributed by atoms with Gasteiger partial charge in [-0.15, -0.1) is 5.10 Å². The largest absolute Gasteiger partial charge is 0.343 e. The van der Waals surface area contributed by atoms with Crippen molar-refractivity contribution in [2.75, 3.05) is 0 Å². The van der Waals surface area contributed by atoms with Crippen LogP contribution in [0.1, 0.15) is 18.3 Å². The molecule has 2 aromatic heterocycles. The molecule has 0 saturated carbocycles. The molecule has 0 amide bonds. The summed E-state index contributed by atoms with van der Waals surface area (Å²) in [6.07, 6.45) is 0. The maximum atomic E-state index is 11.3.